The van der Waals surface area contributed by atoms with Crippen LogP contribution in [0.3, 0.4) is 0 Å². The summed E-state index contributed by atoms with van der Waals surface area (Å²) in [6.07, 6.45) is -0.544. The van der Waals surface area contributed by atoms with E-state index in [2.05, 4.69) is 10.6 Å². The second kappa shape index (κ2) is 12.0. The topological polar surface area (TPSA) is 120 Å². The van der Waals surface area contributed by atoms with Crippen LogP contribution in [0.25, 0.3) is 0 Å². The minimum absolute atomic E-state index is 0.0892. The number of ether oxygens (including phenoxy) is 2. The summed E-state index contributed by atoms with van der Waals surface area (Å²) in [4.78, 5) is 38.1. The number of amides is 2. The van der Waals surface area contributed by atoms with Gasteiger partial charge in [-0.3, -0.25) is 4.79 Å². The quantitative estimate of drug-likeness (QED) is 0.380. The number of hydrogen-bond acceptors (Lipinski definition) is 6. The van der Waals surface area contributed by atoms with E-state index in [0.29, 0.717) is 11.3 Å². The molecule has 8 nitrogen and oxygen atoms in total. The van der Waals surface area contributed by atoms with Crippen molar-refractivity contribution in [1.82, 2.24) is 10.6 Å². The molecule has 2 amide bonds. The van der Waals surface area contributed by atoms with E-state index in [1.807, 2.05) is 0 Å². The molecule has 0 aliphatic rings. The van der Waals surface area contributed by atoms with Crippen LogP contribution < -0.4 is 16.4 Å². The first-order chi connectivity index (χ1) is 16.0. The Kier molecular flexibility index (Phi) is 9.41. The van der Waals surface area contributed by atoms with E-state index in [4.69, 9.17) is 15.2 Å². The van der Waals surface area contributed by atoms with Gasteiger partial charge < -0.3 is 25.8 Å². The molecule has 34 heavy (non-hydrogen) atoms. The molecule has 0 heterocycles. The number of benzene rings is 2. The molecule has 0 saturated carbocycles. The van der Waals surface area contributed by atoms with Gasteiger partial charge >= 0.3 is 12.1 Å². The van der Waals surface area contributed by atoms with Crippen LogP contribution >= 0.6 is 0 Å². The number of carbonyl (C=O) groups is 3. The normalized spacial score (nSPS) is 12.9. The Morgan fingerprint density at radius 3 is 1.97 bits per heavy atom. The third-order valence-electron chi connectivity index (χ3n) is 4.67. The molecular formula is C25H32FN3O5. The fourth-order valence-electron chi connectivity index (χ4n) is 3.11. The Morgan fingerprint density at radius 1 is 0.912 bits per heavy atom. The van der Waals surface area contributed by atoms with Crippen molar-refractivity contribution in [3.05, 3.63) is 65.5 Å². The number of hydrogen-bond donors (Lipinski definition) is 3. The molecule has 2 rings (SSSR count). The third-order valence-corrected chi connectivity index (χ3v) is 4.67. The number of esters is 1. The van der Waals surface area contributed by atoms with Crippen LogP contribution in [-0.2, 0) is 31.9 Å². The number of nitrogens with two attached hydrogens (primary N) is 1. The predicted molar refractivity (Wildman–Crippen MR) is 126 cm³/mol. The van der Waals surface area contributed by atoms with Crippen molar-refractivity contribution in [3.63, 3.8) is 0 Å². The lowest BCUT2D eigenvalue weighted by Gasteiger charge is -2.25. The zero-order chi connectivity index (χ0) is 25.3. The number of alkyl carbamates (subject to hydrolysis) is 1. The fourth-order valence-corrected chi connectivity index (χ4v) is 3.11. The highest BCUT2D eigenvalue weighted by Gasteiger charge is 2.29. The molecule has 9 heteroatoms. The van der Waals surface area contributed by atoms with Gasteiger partial charge in [0.1, 0.15) is 23.5 Å². The second-order valence-electron chi connectivity index (χ2n) is 8.79. The average Bonchev–Trinajstić information content (AvgIpc) is 2.74. The van der Waals surface area contributed by atoms with Crippen molar-refractivity contribution >= 4 is 23.7 Å². The van der Waals surface area contributed by atoms with E-state index in [1.165, 1.54) is 24.3 Å². The summed E-state index contributed by atoms with van der Waals surface area (Å²) >= 11 is 0. The number of halogens is 1. The van der Waals surface area contributed by atoms with Crippen molar-refractivity contribution < 1.29 is 28.2 Å². The highest BCUT2D eigenvalue weighted by atomic mass is 19.1. The molecule has 0 fully saturated rings. The second-order valence-corrected chi connectivity index (χ2v) is 8.79. The molecule has 0 bridgehead atoms. The summed E-state index contributed by atoms with van der Waals surface area (Å²) < 4.78 is 23.7. The Balaban J connectivity index is 2.23. The maximum absolute atomic E-state index is 13.3. The standard InChI is InChI=1S/C25H32FN3O5/c1-5-33-23(31)21(15-16-6-10-18(26)11-7-16)28-22(30)20(29-24(32)34-25(2,3)4)14-17-8-12-19(27)13-9-17/h6-13,20-21H,5,14-15,27H2,1-4H3,(H,28,30)(H,29,32)/t20-,21-/m0/s1. The molecule has 4 N–H and O–H groups in total. The van der Waals surface area contributed by atoms with Crippen LogP contribution in [0.1, 0.15) is 38.8 Å². The first kappa shape index (κ1) is 26.6. The maximum atomic E-state index is 13.3. The monoisotopic (exact) mass is 473 g/mol. The molecule has 0 radical (unpaired) electrons. The van der Waals surface area contributed by atoms with Gasteiger partial charge in [0.15, 0.2) is 0 Å². The van der Waals surface area contributed by atoms with Crippen LogP contribution in [0.4, 0.5) is 14.9 Å². The summed E-state index contributed by atoms with van der Waals surface area (Å²) in [5.41, 5.74) is 6.91. The lowest BCUT2D eigenvalue weighted by atomic mass is 10.0. The van der Waals surface area contributed by atoms with Gasteiger partial charge in [-0.15, -0.1) is 0 Å². The fraction of sp³-hybridized carbons (Fsp3) is 0.400. The predicted octanol–water partition coefficient (Wildman–Crippen LogP) is 3.13. The molecule has 184 valence electrons. The number of nitrogens with one attached hydrogen (secondary N) is 2. The van der Waals surface area contributed by atoms with Crippen molar-refractivity contribution in [3.8, 4) is 0 Å². The largest absolute Gasteiger partial charge is 0.464 e. The van der Waals surface area contributed by atoms with E-state index in [1.54, 1.807) is 52.0 Å². The van der Waals surface area contributed by atoms with Gasteiger partial charge in [-0.2, -0.15) is 0 Å². The van der Waals surface area contributed by atoms with Crippen LogP contribution in [0.5, 0.6) is 0 Å². The molecule has 0 aliphatic carbocycles. The minimum Gasteiger partial charge on any atom is -0.464 e. The molecule has 0 saturated heterocycles. The minimum atomic E-state index is -1.04. The van der Waals surface area contributed by atoms with Gasteiger partial charge in [0.25, 0.3) is 0 Å². The van der Waals surface area contributed by atoms with Gasteiger partial charge in [-0.25, -0.2) is 14.0 Å². The van der Waals surface area contributed by atoms with E-state index >= 15 is 0 Å². The van der Waals surface area contributed by atoms with Crippen LogP contribution in [0, 0.1) is 5.82 Å². The molecule has 0 spiro atoms. The molecule has 0 aliphatic heterocycles. The summed E-state index contributed by atoms with van der Waals surface area (Å²) in [5.74, 6) is -1.64. The van der Waals surface area contributed by atoms with E-state index < -0.39 is 41.5 Å². The summed E-state index contributed by atoms with van der Waals surface area (Å²) in [5, 5.41) is 5.24. The molecule has 0 unspecified atom stereocenters. The summed E-state index contributed by atoms with van der Waals surface area (Å²) in [6.45, 7) is 6.91. The lowest BCUT2D eigenvalue weighted by molar-refractivity contribution is -0.147. The Hall–Kier alpha value is -3.62. The highest BCUT2D eigenvalue weighted by molar-refractivity contribution is 5.90. The maximum Gasteiger partial charge on any atom is 0.408 e. The molecule has 2 aromatic carbocycles. The van der Waals surface area contributed by atoms with Crippen molar-refractivity contribution in [2.24, 2.45) is 0 Å². The Bertz CT molecular complexity index is 972. The van der Waals surface area contributed by atoms with E-state index in [-0.39, 0.29) is 19.4 Å². The zero-order valence-electron chi connectivity index (χ0n) is 19.9. The first-order valence-electron chi connectivity index (χ1n) is 11.0. The first-order valence-corrected chi connectivity index (χ1v) is 11.0. The zero-order valence-corrected chi connectivity index (χ0v) is 19.9. The molecule has 0 aromatic heterocycles. The lowest BCUT2D eigenvalue weighted by Crippen LogP contribution is -2.54. The SMILES string of the molecule is CCOC(=O)[C@H](Cc1ccc(F)cc1)NC(=O)[C@H](Cc1ccc(N)cc1)NC(=O)OC(C)(C)C. The Labute approximate surface area is 199 Å². The number of carbonyl (C=O) groups excluding carboxylic acids is 3. The molecule has 2 atom stereocenters. The highest BCUT2D eigenvalue weighted by Crippen LogP contribution is 2.12. The smallest absolute Gasteiger partial charge is 0.408 e. The summed E-state index contributed by atoms with van der Waals surface area (Å²) in [6, 6.07) is 10.4. The van der Waals surface area contributed by atoms with Gasteiger partial charge in [0.2, 0.25) is 5.91 Å². The van der Waals surface area contributed by atoms with E-state index in [0.717, 1.165) is 5.56 Å². The number of nitrogen functional groups attached to an aromatic ring is 1. The van der Waals surface area contributed by atoms with Gasteiger partial charge in [-0.1, -0.05) is 24.3 Å². The van der Waals surface area contributed by atoms with Crippen LogP contribution in [0.2, 0.25) is 0 Å². The van der Waals surface area contributed by atoms with E-state index in [9.17, 15) is 18.8 Å². The average molecular weight is 474 g/mol. The van der Waals surface area contributed by atoms with Crippen molar-refractivity contribution in [2.75, 3.05) is 12.3 Å². The summed E-state index contributed by atoms with van der Waals surface area (Å²) in [7, 11) is 0. The number of anilines is 1. The molecule has 2 aromatic rings. The number of rotatable bonds is 9. The van der Waals surface area contributed by atoms with Gasteiger partial charge in [0.05, 0.1) is 6.61 Å². The van der Waals surface area contributed by atoms with Crippen LogP contribution in [-0.4, -0.2) is 42.3 Å². The van der Waals surface area contributed by atoms with Crippen molar-refractivity contribution in [2.45, 2.75) is 58.2 Å². The van der Waals surface area contributed by atoms with Gasteiger partial charge in [-0.05, 0) is 63.1 Å². The van der Waals surface area contributed by atoms with Crippen molar-refractivity contribution in [1.29, 1.82) is 0 Å². The van der Waals surface area contributed by atoms with Gasteiger partial charge in [0, 0.05) is 18.5 Å². The Morgan fingerprint density at radius 2 is 1.44 bits per heavy atom. The third kappa shape index (κ3) is 9.09. The van der Waals surface area contributed by atoms with Crippen LogP contribution in [0.15, 0.2) is 48.5 Å². The molecular weight excluding hydrogens is 441 g/mol.